The van der Waals surface area contributed by atoms with E-state index in [1.54, 1.807) is 6.33 Å². The van der Waals surface area contributed by atoms with Crippen molar-refractivity contribution in [1.29, 1.82) is 0 Å². The summed E-state index contributed by atoms with van der Waals surface area (Å²) in [5.74, 6) is -0.314. The SMILES string of the molecule is CNS(=O)(=O)c1ccc(C(=O)Nc2ccc(-n3cnc(C)c3C)cc2)cc1. The van der Waals surface area contributed by atoms with Gasteiger partial charge in [-0.25, -0.2) is 18.1 Å². The molecule has 2 aromatic carbocycles. The summed E-state index contributed by atoms with van der Waals surface area (Å²) in [5, 5.41) is 2.80. The van der Waals surface area contributed by atoms with Gasteiger partial charge in [0, 0.05) is 22.6 Å². The molecule has 0 atom stereocenters. The molecule has 0 fully saturated rings. The quantitative estimate of drug-likeness (QED) is 0.707. The Hall–Kier alpha value is -2.97. The highest BCUT2D eigenvalue weighted by Crippen LogP contribution is 2.18. The van der Waals surface area contributed by atoms with Gasteiger partial charge in [0.1, 0.15) is 0 Å². The summed E-state index contributed by atoms with van der Waals surface area (Å²) in [7, 11) is -2.18. The largest absolute Gasteiger partial charge is 0.322 e. The molecular weight excluding hydrogens is 364 g/mol. The van der Waals surface area contributed by atoms with Crippen molar-refractivity contribution in [2.75, 3.05) is 12.4 Å². The normalized spacial score (nSPS) is 11.4. The Morgan fingerprint density at radius 1 is 1.00 bits per heavy atom. The maximum absolute atomic E-state index is 12.4. The van der Waals surface area contributed by atoms with E-state index in [4.69, 9.17) is 0 Å². The third-order valence-corrected chi connectivity index (χ3v) is 5.78. The number of rotatable bonds is 5. The first-order chi connectivity index (χ1) is 12.8. The third kappa shape index (κ3) is 3.91. The first kappa shape index (κ1) is 18.8. The molecule has 0 spiro atoms. The number of aryl methyl sites for hydroxylation is 1. The number of imidazole rings is 1. The number of hydrogen-bond acceptors (Lipinski definition) is 4. The Bertz CT molecular complexity index is 1070. The number of hydrogen-bond donors (Lipinski definition) is 2. The molecule has 0 aliphatic rings. The van der Waals surface area contributed by atoms with Crippen LogP contribution in [0.5, 0.6) is 0 Å². The summed E-state index contributed by atoms with van der Waals surface area (Å²) in [4.78, 5) is 16.8. The van der Waals surface area contributed by atoms with Crippen LogP contribution in [0.2, 0.25) is 0 Å². The van der Waals surface area contributed by atoms with Gasteiger partial charge >= 0.3 is 0 Å². The molecule has 0 unspecified atom stereocenters. The van der Waals surface area contributed by atoms with Gasteiger partial charge in [0.05, 0.1) is 16.9 Å². The van der Waals surface area contributed by atoms with Gasteiger partial charge in [0.25, 0.3) is 5.91 Å². The van der Waals surface area contributed by atoms with Crippen LogP contribution < -0.4 is 10.0 Å². The fourth-order valence-electron chi connectivity index (χ4n) is 2.57. The van der Waals surface area contributed by atoms with Crippen molar-refractivity contribution in [1.82, 2.24) is 14.3 Å². The highest BCUT2D eigenvalue weighted by atomic mass is 32.2. The number of nitrogens with one attached hydrogen (secondary N) is 2. The monoisotopic (exact) mass is 384 g/mol. The van der Waals surface area contributed by atoms with E-state index in [1.165, 1.54) is 31.3 Å². The zero-order chi connectivity index (χ0) is 19.6. The molecular formula is C19H20N4O3S. The molecule has 0 aliphatic heterocycles. The number of anilines is 1. The molecule has 27 heavy (non-hydrogen) atoms. The van der Waals surface area contributed by atoms with Crippen LogP contribution in [0.15, 0.2) is 59.8 Å². The summed E-state index contributed by atoms with van der Waals surface area (Å²) >= 11 is 0. The maximum Gasteiger partial charge on any atom is 0.255 e. The fourth-order valence-corrected chi connectivity index (χ4v) is 3.30. The van der Waals surface area contributed by atoms with Gasteiger partial charge < -0.3 is 9.88 Å². The lowest BCUT2D eigenvalue weighted by Crippen LogP contribution is -2.19. The molecule has 8 heteroatoms. The number of benzene rings is 2. The van der Waals surface area contributed by atoms with Crippen molar-refractivity contribution in [2.24, 2.45) is 0 Å². The van der Waals surface area contributed by atoms with Gasteiger partial charge in [0.2, 0.25) is 10.0 Å². The van der Waals surface area contributed by atoms with Crippen LogP contribution in [0.4, 0.5) is 5.69 Å². The van der Waals surface area contributed by atoms with Crippen LogP contribution in [-0.2, 0) is 10.0 Å². The molecule has 1 amide bonds. The zero-order valence-electron chi connectivity index (χ0n) is 15.2. The van der Waals surface area contributed by atoms with Gasteiger partial charge in [-0.3, -0.25) is 4.79 Å². The average Bonchev–Trinajstić information content (AvgIpc) is 3.01. The lowest BCUT2D eigenvalue weighted by atomic mass is 10.2. The van der Waals surface area contributed by atoms with Crippen LogP contribution in [0.25, 0.3) is 5.69 Å². The number of sulfonamides is 1. The van der Waals surface area contributed by atoms with Crippen LogP contribution >= 0.6 is 0 Å². The van der Waals surface area contributed by atoms with Crippen molar-refractivity contribution >= 4 is 21.6 Å². The first-order valence-electron chi connectivity index (χ1n) is 8.28. The van der Waals surface area contributed by atoms with Crippen molar-refractivity contribution in [3.63, 3.8) is 0 Å². The van der Waals surface area contributed by atoms with Gasteiger partial charge in [-0.2, -0.15) is 0 Å². The molecule has 3 aromatic rings. The minimum Gasteiger partial charge on any atom is -0.322 e. The van der Waals surface area contributed by atoms with Gasteiger partial charge in [0.15, 0.2) is 0 Å². The van der Waals surface area contributed by atoms with E-state index in [1.807, 2.05) is 42.7 Å². The van der Waals surface area contributed by atoms with Crippen molar-refractivity contribution in [2.45, 2.75) is 18.7 Å². The number of carbonyl (C=O) groups is 1. The minimum absolute atomic E-state index is 0.108. The van der Waals surface area contributed by atoms with Gasteiger partial charge in [-0.1, -0.05) is 0 Å². The summed E-state index contributed by atoms with van der Waals surface area (Å²) < 4.78 is 27.7. The Morgan fingerprint density at radius 2 is 1.63 bits per heavy atom. The number of nitrogens with zero attached hydrogens (tertiary/aromatic N) is 2. The summed E-state index contributed by atoms with van der Waals surface area (Å²) in [6.07, 6.45) is 1.76. The Balaban J connectivity index is 1.74. The highest BCUT2D eigenvalue weighted by molar-refractivity contribution is 7.89. The van der Waals surface area contributed by atoms with E-state index in [2.05, 4.69) is 15.0 Å². The molecule has 1 heterocycles. The molecule has 0 aliphatic carbocycles. The molecule has 0 saturated heterocycles. The van der Waals surface area contributed by atoms with Crippen molar-refractivity contribution in [3.05, 3.63) is 71.8 Å². The van der Waals surface area contributed by atoms with E-state index < -0.39 is 10.0 Å². The Kier molecular flexibility index (Phi) is 5.11. The van der Waals surface area contributed by atoms with Crippen LogP contribution in [0.3, 0.4) is 0 Å². The van der Waals surface area contributed by atoms with E-state index in [-0.39, 0.29) is 10.8 Å². The molecule has 1 aromatic heterocycles. The van der Waals surface area contributed by atoms with E-state index in [0.717, 1.165) is 17.1 Å². The molecule has 7 nitrogen and oxygen atoms in total. The van der Waals surface area contributed by atoms with Crippen LogP contribution in [0.1, 0.15) is 21.7 Å². The third-order valence-electron chi connectivity index (χ3n) is 4.35. The summed E-state index contributed by atoms with van der Waals surface area (Å²) in [6.45, 7) is 3.95. The Morgan fingerprint density at radius 3 is 2.15 bits per heavy atom. The molecule has 3 rings (SSSR count). The second-order valence-electron chi connectivity index (χ2n) is 6.02. The second kappa shape index (κ2) is 7.34. The van der Waals surface area contributed by atoms with Gasteiger partial charge in [-0.15, -0.1) is 0 Å². The van der Waals surface area contributed by atoms with Gasteiger partial charge in [-0.05, 0) is 69.4 Å². The molecule has 0 bridgehead atoms. The highest BCUT2D eigenvalue weighted by Gasteiger charge is 2.13. The fraction of sp³-hybridized carbons (Fsp3) is 0.158. The number of aromatic nitrogens is 2. The van der Waals surface area contributed by atoms with E-state index in [0.29, 0.717) is 11.3 Å². The van der Waals surface area contributed by atoms with Crippen molar-refractivity contribution < 1.29 is 13.2 Å². The summed E-state index contributed by atoms with van der Waals surface area (Å²) in [6, 6.07) is 13.2. The standard InChI is InChI=1S/C19H20N4O3S/c1-13-14(2)23(12-21-13)17-8-6-16(7-9-17)22-19(24)15-4-10-18(11-5-15)27(25,26)20-3/h4-12,20H,1-3H3,(H,22,24). The minimum atomic E-state index is -3.52. The second-order valence-corrected chi connectivity index (χ2v) is 7.90. The van der Waals surface area contributed by atoms with E-state index in [9.17, 15) is 13.2 Å². The Labute approximate surface area is 158 Å². The molecule has 140 valence electrons. The van der Waals surface area contributed by atoms with E-state index >= 15 is 0 Å². The number of amides is 1. The average molecular weight is 384 g/mol. The lowest BCUT2D eigenvalue weighted by Gasteiger charge is -2.09. The smallest absolute Gasteiger partial charge is 0.255 e. The molecule has 0 radical (unpaired) electrons. The topological polar surface area (TPSA) is 93.1 Å². The number of carbonyl (C=O) groups excluding carboxylic acids is 1. The lowest BCUT2D eigenvalue weighted by molar-refractivity contribution is 0.102. The maximum atomic E-state index is 12.4. The van der Waals surface area contributed by atoms with Crippen LogP contribution in [-0.4, -0.2) is 30.9 Å². The summed E-state index contributed by atoms with van der Waals surface area (Å²) in [5.41, 5.74) is 3.99. The molecule has 2 N–H and O–H groups in total. The first-order valence-corrected chi connectivity index (χ1v) is 9.76. The van der Waals surface area contributed by atoms with Crippen molar-refractivity contribution in [3.8, 4) is 5.69 Å². The predicted octanol–water partition coefficient (Wildman–Crippen LogP) is 2.65. The van der Waals surface area contributed by atoms with Crippen LogP contribution in [0, 0.1) is 13.8 Å². The molecule has 0 saturated carbocycles. The predicted molar refractivity (Wildman–Crippen MR) is 104 cm³/mol. The zero-order valence-corrected chi connectivity index (χ0v) is 16.0.